The van der Waals surface area contributed by atoms with Gasteiger partial charge in [-0.15, -0.1) is 12.4 Å². The van der Waals surface area contributed by atoms with Gasteiger partial charge in [-0.05, 0) is 18.4 Å². The number of hydrogen-bond acceptors (Lipinski definition) is 5. The minimum atomic E-state index is -0.574. The third-order valence-electron chi connectivity index (χ3n) is 2.61. The number of nitrogens with two attached hydrogens (primary N) is 1. The summed E-state index contributed by atoms with van der Waals surface area (Å²) in [5, 5.41) is 13.4. The number of nitro groups is 1. The number of benzene rings is 1. The van der Waals surface area contributed by atoms with Crippen LogP contribution in [0.4, 0.5) is 5.69 Å². The number of carbonyl (C=O) groups is 1. The summed E-state index contributed by atoms with van der Waals surface area (Å²) in [7, 11) is 0. The van der Waals surface area contributed by atoms with Crippen molar-refractivity contribution in [1.29, 1.82) is 0 Å². The molecule has 1 rings (SSSR count). The maximum Gasteiger partial charge on any atom is 0.274 e. The molecule has 8 heteroatoms. The van der Waals surface area contributed by atoms with Gasteiger partial charge in [-0.25, -0.2) is 0 Å². The fourth-order valence-electron chi connectivity index (χ4n) is 1.53. The number of nitro benzene ring substituents is 1. The minimum Gasteiger partial charge on any atom is -0.350 e. The van der Waals surface area contributed by atoms with E-state index < -0.39 is 11.0 Å². The van der Waals surface area contributed by atoms with Crippen LogP contribution in [0.3, 0.4) is 0 Å². The van der Waals surface area contributed by atoms with Gasteiger partial charge in [0.15, 0.2) is 0 Å². The van der Waals surface area contributed by atoms with Crippen LogP contribution >= 0.6 is 24.2 Å². The zero-order chi connectivity index (χ0) is 14.3. The zero-order valence-corrected chi connectivity index (χ0v) is 12.7. The molecule has 0 unspecified atom stereocenters. The van der Waals surface area contributed by atoms with Crippen LogP contribution in [0.15, 0.2) is 24.3 Å². The lowest BCUT2D eigenvalue weighted by atomic mass is 10.1. The second-order valence-electron chi connectivity index (χ2n) is 3.99. The summed E-state index contributed by atoms with van der Waals surface area (Å²) in [5.74, 6) is 0.521. The van der Waals surface area contributed by atoms with E-state index in [1.807, 2.05) is 6.26 Å². The Morgan fingerprint density at radius 2 is 2.15 bits per heavy atom. The van der Waals surface area contributed by atoms with Crippen molar-refractivity contribution in [3.8, 4) is 0 Å². The van der Waals surface area contributed by atoms with Gasteiger partial charge in [0.25, 0.3) is 5.69 Å². The molecule has 1 atom stereocenters. The van der Waals surface area contributed by atoms with Crippen molar-refractivity contribution in [2.45, 2.75) is 19.0 Å². The van der Waals surface area contributed by atoms with Gasteiger partial charge in [-0.2, -0.15) is 11.8 Å². The van der Waals surface area contributed by atoms with Gasteiger partial charge >= 0.3 is 0 Å². The predicted molar refractivity (Wildman–Crippen MR) is 83.2 cm³/mol. The fraction of sp³-hybridized carbons (Fsp3) is 0.417. The van der Waals surface area contributed by atoms with Gasteiger partial charge in [0, 0.05) is 18.2 Å². The summed E-state index contributed by atoms with van der Waals surface area (Å²) in [6.07, 6.45) is 2.53. The van der Waals surface area contributed by atoms with Crippen LogP contribution in [-0.4, -0.2) is 28.9 Å². The SMILES string of the molecule is CSCC[C@H](N)C(=O)NCc1ccccc1[N+](=O)[O-].Cl. The molecule has 0 spiro atoms. The lowest BCUT2D eigenvalue weighted by Gasteiger charge is -2.11. The van der Waals surface area contributed by atoms with Crippen molar-refractivity contribution < 1.29 is 9.72 Å². The Hall–Kier alpha value is -1.31. The third kappa shape index (κ3) is 5.77. The Kier molecular flexibility index (Phi) is 8.94. The summed E-state index contributed by atoms with van der Waals surface area (Å²) in [5.41, 5.74) is 6.18. The largest absolute Gasteiger partial charge is 0.350 e. The van der Waals surface area contributed by atoms with Crippen molar-refractivity contribution in [2.75, 3.05) is 12.0 Å². The van der Waals surface area contributed by atoms with Crippen molar-refractivity contribution in [1.82, 2.24) is 5.32 Å². The molecular weight excluding hydrogens is 302 g/mol. The standard InChI is InChI=1S/C12H17N3O3S.ClH/c1-19-7-6-10(13)12(16)14-8-9-4-2-3-5-11(9)15(17)18;/h2-5,10H,6-8,13H2,1H3,(H,14,16);1H/t10-;/m0./s1. The summed E-state index contributed by atoms with van der Waals surface area (Å²) >= 11 is 1.62. The van der Waals surface area contributed by atoms with Crippen LogP contribution in [-0.2, 0) is 11.3 Å². The molecule has 0 saturated carbocycles. The second kappa shape index (κ2) is 9.57. The fourth-order valence-corrected chi connectivity index (χ4v) is 2.02. The molecule has 3 N–H and O–H groups in total. The first kappa shape index (κ1) is 18.7. The summed E-state index contributed by atoms with van der Waals surface area (Å²) in [6.45, 7) is 0.114. The van der Waals surface area contributed by atoms with Gasteiger partial charge in [-0.1, -0.05) is 18.2 Å². The molecule has 0 aromatic heterocycles. The Bertz CT molecular complexity index is 459. The van der Waals surface area contributed by atoms with Crippen LogP contribution in [0.1, 0.15) is 12.0 Å². The highest BCUT2D eigenvalue weighted by Gasteiger charge is 2.16. The van der Waals surface area contributed by atoms with Crippen LogP contribution in [0.5, 0.6) is 0 Å². The van der Waals surface area contributed by atoms with Gasteiger partial charge < -0.3 is 11.1 Å². The van der Waals surface area contributed by atoms with Gasteiger partial charge in [0.1, 0.15) is 0 Å². The number of halogens is 1. The highest BCUT2D eigenvalue weighted by molar-refractivity contribution is 7.98. The minimum absolute atomic E-state index is 0. The zero-order valence-electron chi connectivity index (χ0n) is 11.1. The van der Waals surface area contributed by atoms with Crippen LogP contribution in [0.2, 0.25) is 0 Å². The molecule has 0 bridgehead atoms. The molecule has 0 aliphatic rings. The maximum absolute atomic E-state index is 11.7. The quantitative estimate of drug-likeness (QED) is 0.589. The lowest BCUT2D eigenvalue weighted by Crippen LogP contribution is -2.40. The number of carbonyl (C=O) groups excluding carboxylic acids is 1. The van der Waals surface area contributed by atoms with E-state index in [-0.39, 0.29) is 30.5 Å². The van der Waals surface area contributed by atoms with E-state index in [1.54, 1.807) is 30.0 Å². The van der Waals surface area contributed by atoms with Crippen LogP contribution in [0, 0.1) is 10.1 Å². The van der Waals surface area contributed by atoms with Gasteiger partial charge in [0.2, 0.25) is 5.91 Å². The number of nitrogens with one attached hydrogen (secondary N) is 1. The first-order valence-electron chi connectivity index (χ1n) is 5.80. The van der Waals surface area contributed by atoms with E-state index in [2.05, 4.69) is 5.32 Å². The van der Waals surface area contributed by atoms with Crippen LogP contribution < -0.4 is 11.1 Å². The first-order valence-corrected chi connectivity index (χ1v) is 7.20. The monoisotopic (exact) mass is 319 g/mol. The molecule has 0 aliphatic heterocycles. The van der Waals surface area contributed by atoms with E-state index in [1.165, 1.54) is 6.07 Å². The first-order chi connectivity index (χ1) is 9.06. The smallest absolute Gasteiger partial charge is 0.274 e. The maximum atomic E-state index is 11.7. The summed E-state index contributed by atoms with van der Waals surface area (Å²) in [4.78, 5) is 22.0. The Labute approximate surface area is 128 Å². The second-order valence-corrected chi connectivity index (χ2v) is 4.98. The number of rotatable bonds is 7. The molecular formula is C12H18ClN3O3S. The number of amides is 1. The number of hydrogen-bond donors (Lipinski definition) is 2. The molecule has 6 nitrogen and oxygen atoms in total. The van der Waals surface area contributed by atoms with Crippen molar-refractivity contribution in [2.24, 2.45) is 5.73 Å². The molecule has 0 radical (unpaired) electrons. The highest BCUT2D eigenvalue weighted by Crippen LogP contribution is 2.17. The predicted octanol–water partition coefficient (Wildman–Crippen LogP) is 1.71. The average Bonchev–Trinajstić information content (AvgIpc) is 2.42. The number of nitrogens with zero attached hydrogens (tertiary/aromatic N) is 1. The summed E-state index contributed by atoms with van der Waals surface area (Å²) in [6, 6.07) is 5.74. The highest BCUT2D eigenvalue weighted by atomic mass is 35.5. The Morgan fingerprint density at radius 3 is 2.75 bits per heavy atom. The molecule has 1 aromatic carbocycles. The number of para-hydroxylation sites is 1. The molecule has 0 saturated heterocycles. The molecule has 1 aromatic rings. The number of thioether (sulfide) groups is 1. The van der Waals surface area contributed by atoms with E-state index >= 15 is 0 Å². The molecule has 0 fully saturated rings. The van der Waals surface area contributed by atoms with Crippen LogP contribution in [0.25, 0.3) is 0 Å². The van der Waals surface area contributed by atoms with Crippen molar-refractivity contribution >= 4 is 35.8 Å². The third-order valence-corrected chi connectivity index (χ3v) is 3.26. The molecule has 112 valence electrons. The lowest BCUT2D eigenvalue weighted by molar-refractivity contribution is -0.385. The van der Waals surface area contributed by atoms with Gasteiger partial charge in [-0.3, -0.25) is 14.9 Å². The van der Waals surface area contributed by atoms with E-state index in [0.717, 1.165) is 5.75 Å². The molecule has 0 aliphatic carbocycles. The Morgan fingerprint density at radius 1 is 1.50 bits per heavy atom. The van der Waals surface area contributed by atoms with Crippen molar-refractivity contribution in [3.63, 3.8) is 0 Å². The van der Waals surface area contributed by atoms with E-state index in [0.29, 0.717) is 12.0 Å². The normalized spacial score (nSPS) is 11.3. The average molecular weight is 320 g/mol. The molecule has 1 amide bonds. The van der Waals surface area contributed by atoms with Crippen molar-refractivity contribution in [3.05, 3.63) is 39.9 Å². The Balaban J connectivity index is 0.00000361. The van der Waals surface area contributed by atoms with Gasteiger partial charge in [0.05, 0.1) is 11.0 Å². The summed E-state index contributed by atoms with van der Waals surface area (Å²) < 4.78 is 0. The topological polar surface area (TPSA) is 98.3 Å². The van der Waals surface area contributed by atoms with E-state index in [9.17, 15) is 14.9 Å². The molecule has 0 heterocycles. The molecule has 20 heavy (non-hydrogen) atoms. The van der Waals surface area contributed by atoms with E-state index in [4.69, 9.17) is 5.73 Å².